The Morgan fingerprint density at radius 1 is 1.03 bits per heavy atom. The third kappa shape index (κ3) is 6.05. The summed E-state index contributed by atoms with van der Waals surface area (Å²) in [6, 6.07) is 0. The zero-order chi connectivity index (χ0) is 26.3. The van der Waals surface area contributed by atoms with Crippen molar-refractivity contribution < 1.29 is 70.3 Å². The zero-order valence-electron chi connectivity index (χ0n) is 17.0. The number of rotatable bonds is 7. The number of ether oxygens (including phenoxy) is 2. The molecule has 3 heterocycles. The highest BCUT2D eigenvalue weighted by Crippen LogP contribution is 2.80. The first kappa shape index (κ1) is 27.6. The average molecular weight is 571 g/mol. The minimum Gasteiger partial charge on any atom is -0.466 e. The number of nitrogens with one attached hydrogen (secondary N) is 1. The van der Waals surface area contributed by atoms with Crippen LogP contribution in [-0.4, -0.2) is 78.9 Å². The number of aliphatic hydroxyl groups excluding tert-OH is 2. The molecule has 0 saturated carbocycles. The first-order chi connectivity index (χ1) is 16.1. The summed E-state index contributed by atoms with van der Waals surface area (Å²) < 4.78 is 60.9. The molecule has 2 aliphatic heterocycles. The Balaban J connectivity index is 1.82. The van der Waals surface area contributed by atoms with Gasteiger partial charge >= 0.3 is 46.5 Å². The van der Waals surface area contributed by atoms with Crippen LogP contribution in [0.3, 0.4) is 0 Å². The second kappa shape index (κ2) is 9.81. The van der Waals surface area contributed by atoms with E-state index in [1.165, 1.54) is 0 Å². The lowest BCUT2D eigenvalue weighted by molar-refractivity contribution is -0.146. The van der Waals surface area contributed by atoms with E-state index in [1.54, 1.807) is 4.98 Å². The summed E-state index contributed by atoms with van der Waals surface area (Å²) in [6.07, 6.45) is -7.89. The number of carbonyl (C=O) groups is 1. The first-order valence-electron chi connectivity index (χ1n) is 8.82. The van der Waals surface area contributed by atoms with E-state index in [2.05, 4.69) is 27.0 Å². The number of H-pyrrole nitrogens is 1. The van der Waals surface area contributed by atoms with Gasteiger partial charge < -0.3 is 34.3 Å². The fourth-order valence-corrected chi connectivity index (χ4v) is 7.64. The van der Waals surface area contributed by atoms with Crippen molar-refractivity contribution in [3.8, 4) is 0 Å². The molecule has 2 saturated heterocycles. The van der Waals surface area contributed by atoms with Crippen molar-refractivity contribution in [2.45, 2.75) is 24.5 Å². The maximum Gasteiger partial charge on any atom is 0.492 e. The maximum atomic E-state index is 12.6. The van der Waals surface area contributed by atoms with Gasteiger partial charge in [-0.15, -0.1) is 0 Å². The second-order valence-corrected chi connectivity index (χ2v) is 11.5. The quantitative estimate of drug-likeness (QED) is 0.155. The van der Waals surface area contributed by atoms with Crippen molar-refractivity contribution in [1.82, 2.24) is 14.3 Å². The lowest BCUT2D eigenvalue weighted by Crippen LogP contribution is -2.54. The van der Waals surface area contributed by atoms with Gasteiger partial charge in [0.15, 0.2) is 6.23 Å². The van der Waals surface area contributed by atoms with Crippen LogP contribution in [0.1, 0.15) is 6.23 Å². The number of methoxy groups -OCH3 is 1. The average Bonchev–Trinajstić information content (AvgIpc) is 2.97. The molecule has 0 amide bonds. The minimum absolute atomic E-state index is 0.0793. The highest BCUT2D eigenvalue weighted by atomic mass is 31.3. The molecular weight excluding hydrogens is 555 g/mol. The van der Waals surface area contributed by atoms with E-state index in [4.69, 9.17) is 4.74 Å². The third-order valence-corrected chi connectivity index (χ3v) is 9.50. The molecule has 2 aliphatic rings. The number of nitrogens with zero attached hydrogens (tertiary/aromatic N) is 2. The van der Waals surface area contributed by atoms with Gasteiger partial charge in [-0.3, -0.25) is 9.51 Å². The molecule has 35 heavy (non-hydrogen) atoms. The Morgan fingerprint density at radius 2 is 1.63 bits per heavy atom. The van der Waals surface area contributed by atoms with Crippen molar-refractivity contribution in [1.29, 1.82) is 0 Å². The maximum absolute atomic E-state index is 12.6. The smallest absolute Gasteiger partial charge is 0.466 e. The molecule has 21 nitrogen and oxygen atoms in total. The van der Waals surface area contributed by atoms with Crippen LogP contribution in [0.4, 0.5) is 0 Å². The molecule has 3 rings (SSSR count). The highest BCUT2D eigenvalue weighted by molar-refractivity contribution is 7.74. The normalized spacial score (nSPS) is 37.2. The summed E-state index contributed by atoms with van der Waals surface area (Å²) in [5.74, 6) is -1.01. The van der Waals surface area contributed by atoms with Gasteiger partial charge in [-0.1, -0.05) is 4.73 Å². The summed E-state index contributed by atoms with van der Waals surface area (Å²) in [7, 11) is -15.0. The zero-order valence-corrected chi connectivity index (χ0v) is 19.6. The summed E-state index contributed by atoms with van der Waals surface area (Å²) in [6.45, 7) is -2.07. The van der Waals surface area contributed by atoms with Gasteiger partial charge in [0.25, 0.3) is 0 Å². The number of aromatic amines is 1. The molecule has 6 atom stereocenters. The van der Waals surface area contributed by atoms with Crippen LogP contribution in [0.15, 0.2) is 14.4 Å². The molecule has 24 heteroatoms. The lowest BCUT2D eigenvalue weighted by Gasteiger charge is -2.27. The van der Waals surface area contributed by atoms with E-state index in [0.717, 1.165) is 7.11 Å². The molecule has 3 unspecified atom stereocenters. The second-order valence-electron chi connectivity index (χ2n) is 6.50. The van der Waals surface area contributed by atoms with Crippen molar-refractivity contribution in [3.05, 3.63) is 31.5 Å². The summed E-state index contributed by atoms with van der Waals surface area (Å²) in [4.78, 5) is 72.5. The molecule has 198 valence electrons. The molecule has 1 aromatic heterocycles. The van der Waals surface area contributed by atoms with Crippen LogP contribution in [0.5, 0.6) is 0 Å². The molecule has 0 aliphatic carbocycles. The molecule has 1 aromatic rings. The standard InChI is InChI=1S/C11H16N3O18P3/c1-26-5(15)3-27-14-10(19)12-9(18)13(11(14)20)8-7(17)6(16)4(29-8)2-28-35(25)31-33(21,22)30-34(23,24)32-35/h4,6-8,16-17H,2-3H2,1H3,(H,21,22)(H,23,24)(H,12,18,19)/t4-,6+,7?,8-/m1/s1. The fraction of sp³-hybridized carbons (Fsp3) is 0.636. The van der Waals surface area contributed by atoms with Gasteiger partial charge in [-0.2, -0.15) is 12.9 Å². The van der Waals surface area contributed by atoms with Crippen LogP contribution in [0, 0.1) is 0 Å². The van der Waals surface area contributed by atoms with Crippen molar-refractivity contribution in [2.24, 2.45) is 0 Å². The monoisotopic (exact) mass is 571 g/mol. The lowest BCUT2D eigenvalue weighted by atomic mass is 10.1. The SMILES string of the molecule is COC(=O)COn1c(=O)[nH]c(=O)n([C@@H]2O[C@H](COP3(=O)OP(=O)(O)OP(=O)(O)O3)[C@H](O)C2O)c1=O. The van der Waals surface area contributed by atoms with Crippen LogP contribution in [0.2, 0.25) is 0 Å². The van der Waals surface area contributed by atoms with Crippen LogP contribution >= 0.6 is 23.5 Å². The largest absolute Gasteiger partial charge is 0.492 e. The number of aromatic nitrogens is 3. The van der Waals surface area contributed by atoms with Gasteiger partial charge in [-0.05, 0) is 0 Å². The highest BCUT2D eigenvalue weighted by Gasteiger charge is 2.55. The van der Waals surface area contributed by atoms with E-state index >= 15 is 0 Å². The van der Waals surface area contributed by atoms with Gasteiger partial charge in [0, 0.05) is 0 Å². The third-order valence-electron chi connectivity index (χ3n) is 4.14. The Labute approximate surface area is 191 Å². The molecule has 5 N–H and O–H groups in total. The molecule has 2 fully saturated rings. The first-order valence-corrected chi connectivity index (χ1v) is 13.3. The molecule has 0 bridgehead atoms. The van der Waals surface area contributed by atoms with Gasteiger partial charge in [-0.25, -0.2) is 37.4 Å². The summed E-state index contributed by atoms with van der Waals surface area (Å²) in [5.41, 5.74) is -4.42. The molecule has 0 aromatic carbocycles. The van der Waals surface area contributed by atoms with Gasteiger partial charge in [0.1, 0.15) is 18.3 Å². The topological polar surface area (TPSA) is 291 Å². The molecule has 0 spiro atoms. The number of aliphatic hydroxyl groups is 2. The predicted molar refractivity (Wildman–Crippen MR) is 101 cm³/mol. The van der Waals surface area contributed by atoms with E-state index in [9.17, 15) is 52.9 Å². The minimum atomic E-state index is -5.37. The van der Waals surface area contributed by atoms with Gasteiger partial charge in [0.05, 0.1) is 13.7 Å². The van der Waals surface area contributed by atoms with Crippen molar-refractivity contribution in [2.75, 3.05) is 20.3 Å². The number of hydrogen-bond donors (Lipinski definition) is 5. The summed E-state index contributed by atoms with van der Waals surface area (Å²) >= 11 is 0. The van der Waals surface area contributed by atoms with E-state index in [1.807, 2.05) is 0 Å². The number of carbonyl (C=O) groups excluding carboxylic acids is 1. The van der Waals surface area contributed by atoms with Crippen molar-refractivity contribution in [3.63, 3.8) is 0 Å². The fourth-order valence-electron chi connectivity index (χ4n) is 2.71. The van der Waals surface area contributed by atoms with E-state index in [0.29, 0.717) is 0 Å². The Kier molecular flexibility index (Phi) is 7.74. The Morgan fingerprint density at radius 3 is 2.20 bits per heavy atom. The van der Waals surface area contributed by atoms with Crippen LogP contribution in [0.25, 0.3) is 0 Å². The number of esters is 1. The Hall–Kier alpha value is -1.99. The summed E-state index contributed by atoms with van der Waals surface area (Å²) in [5, 5.41) is 20.4. The number of hydrogen-bond acceptors (Lipinski definition) is 16. The van der Waals surface area contributed by atoms with Crippen molar-refractivity contribution >= 4 is 29.4 Å². The van der Waals surface area contributed by atoms with Crippen LogP contribution in [-0.2, 0) is 45.4 Å². The van der Waals surface area contributed by atoms with E-state index < -0.39 is 84.3 Å². The van der Waals surface area contributed by atoms with Crippen LogP contribution < -0.4 is 21.9 Å². The predicted octanol–water partition coefficient (Wildman–Crippen LogP) is -3.69. The molecule has 0 radical (unpaired) electrons. The Bertz CT molecular complexity index is 1290. The molecular formula is C11H16N3O18P3. The van der Waals surface area contributed by atoms with Gasteiger partial charge in [0.2, 0.25) is 6.61 Å². The van der Waals surface area contributed by atoms with E-state index in [-0.39, 0.29) is 9.30 Å². The number of phosphoric acid groups is 3.